The summed E-state index contributed by atoms with van der Waals surface area (Å²) >= 11 is 0. The summed E-state index contributed by atoms with van der Waals surface area (Å²) in [6, 6.07) is 26.6. The highest BCUT2D eigenvalue weighted by Gasteiger charge is 2.51. The molecule has 1 heterocycles. The summed E-state index contributed by atoms with van der Waals surface area (Å²) < 4.78 is 6.16. The lowest BCUT2D eigenvalue weighted by Crippen LogP contribution is -2.45. The van der Waals surface area contributed by atoms with E-state index in [1.807, 2.05) is 98.8 Å². The van der Waals surface area contributed by atoms with E-state index in [0.717, 1.165) is 33.6 Å². The Kier molecular flexibility index (Phi) is 7.63. The summed E-state index contributed by atoms with van der Waals surface area (Å²) in [5.74, 6) is -0.340. The van der Waals surface area contributed by atoms with Crippen LogP contribution in [0.2, 0.25) is 0 Å². The minimum atomic E-state index is -1.11. The summed E-state index contributed by atoms with van der Waals surface area (Å²) in [7, 11) is 0. The van der Waals surface area contributed by atoms with Gasteiger partial charge in [0.15, 0.2) is 0 Å². The smallest absolute Gasteiger partial charge is 0.325 e. The van der Waals surface area contributed by atoms with Crippen molar-refractivity contribution in [3.63, 3.8) is 0 Å². The van der Waals surface area contributed by atoms with Gasteiger partial charge in [0, 0.05) is 0 Å². The van der Waals surface area contributed by atoms with Gasteiger partial charge in [0.2, 0.25) is 0 Å². The highest BCUT2D eigenvalue weighted by atomic mass is 16.5. The van der Waals surface area contributed by atoms with Crippen LogP contribution in [0.15, 0.2) is 84.9 Å². The van der Waals surface area contributed by atoms with Crippen molar-refractivity contribution >= 4 is 11.9 Å². The van der Waals surface area contributed by atoms with E-state index in [4.69, 9.17) is 4.74 Å². The molecule has 0 aliphatic carbocycles. The lowest BCUT2D eigenvalue weighted by Gasteiger charge is -2.27. The van der Waals surface area contributed by atoms with E-state index < -0.39 is 17.7 Å². The van der Waals surface area contributed by atoms with Gasteiger partial charge in [0.1, 0.15) is 11.6 Å². The van der Waals surface area contributed by atoms with E-state index in [9.17, 15) is 14.7 Å². The molecule has 1 aliphatic heterocycles. The SMILES string of the molecule is CCC[C@]1(c2ccccc2)NC(=O)N(C[C@@H](O)CO[C@@H](c2ccccc2)c2ccc(C)cc2)C1=O. The van der Waals surface area contributed by atoms with Crippen molar-refractivity contribution < 1.29 is 19.4 Å². The standard InChI is InChI=1S/C29H32N2O4/c1-3-18-29(24-12-8-5-9-13-24)27(33)31(28(34)30-29)19-25(32)20-35-26(22-10-6-4-7-11-22)23-16-14-21(2)15-17-23/h4-17,25-26,32H,3,18-20H2,1-2H3,(H,30,34)/t25-,26+,29-/m1/s1. The molecule has 0 saturated carbocycles. The molecule has 4 rings (SSSR count). The summed E-state index contributed by atoms with van der Waals surface area (Å²) in [4.78, 5) is 27.4. The van der Waals surface area contributed by atoms with Crippen molar-refractivity contribution in [3.05, 3.63) is 107 Å². The van der Waals surface area contributed by atoms with Gasteiger partial charge >= 0.3 is 6.03 Å². The molecule has 3 aromatic carbocycles. The van der Waals surface area contributed by atoms with E-state index in [-0.39, 0.29) is 25.2 Å². The molecule has 0 radical (unpaired) electrons. The van der Waals surface area contributed by atoms with Crippen LogP contribution in [0.25, 0.3) is 0 Å². The number of nitrogens with one attached hydrogen (secondary N) is 1. The van der Waals surface area contributed by atoms with E-state index in [1.54, 1.807) is 0 Å². The quantitative estimate of drug-likeness (QED) is 0.419. The predicted octanol–water partition coefficient (Wildman–Crippen LogP) is 4.71. The normalized spacial score (nSPS) is 19.5. The zero-order valence-corrected chi connectivity index (χ0v) is 20.2. The number of aryl methyl sites for hydroxylation is 1. The summed E-state index contributed by atoms with van der Waals surface area (Å²) in [5, 5.41) is 13.7. The molecule has 1 saturated heterocycles. The van der Waals surface area contributed by atoms with E-state index >= 15 is 0 Å². The van der Waals surface area contributed by atoms with Gasteiger partial charge in [0.05, 0.1) is 19.3 Å². The number of rotatable bonds is 10. The fourth-order valence-corrected chi connectivity index (χ4v) is 4.62. The van der Waals surface area contributed by atoms with E-state index in [1.165, 1.54) is 0 Å². The molecule has 1 fully saturated rings. The van der Waals surface area contributed by atoms with Crippen molar-refractivity contribution in [2.45, 2.75) is 44.4 Å². The third-order valence-electron chi connectivity index (χ3n) is 6.40. The second-order valence-electron chi connectivity index (χ2n) is 9.06. The summed E-state index contributed by atoms with van der Waals surface area (Å²) in [5.41, 5.74) is 2.71. The van der Waals surface area contributed by atoms with Gasteiger partial charge in [-0.15, -0.1) is 0 Å². The minimum absolute atomic E-state index is 0.0311. The number of benzene rings is 3. The summed E-state index contributed by atoms with van der Waals surface area (Å²) in [6.07, 6.45) is -0.211. The fourth-order valence-electron chi connectivity index (χ4n) is 4.62. The second-order valence-corrected chi connectivity index (χ2v) is 9.06. The number of amides is 3. The van der Waals surface area contributed by atoms with Gasteiger partial charge in [-0.2, -0.15) is 0 Å². The predicted molar refractivity (Wildman–Crippen MR) is 135 cm³/mol. The number of carbonyl (C=O) groups is 2. The van der Waals surface area contributed by atoms with E-state index in [2.05, 4.69) is 5.32 Å². The molecule has 35 heavy (non-hydrogen) atoms. The Morgan fingerprint density at radius 1 is 0.914 bits per heavy atom. The molecule has 0 spiro atoms. The Hall–Kier alpha value is -3.48. The average molecular weight is 473 g/mol. The molecule has 2 N–H and O–H groups in total. The average Bonchev–Trinajstić information content (AvgIpc) is 3.11. The third-order valence-corrected chi connectivity index (χ3v) is 6.40. The maximum absolute atomic E-state index is 13.5. The van der Waals surface area contributed by atoms with Crippen molar-refractivity contribution in [3.8, 4) is 0 Å². The molecule has 182 valence electrons. The number of imide groups is 1. The number of aliphatic hydroxyl groups is 1. The van der Waals surface area contributed by atoms with Crippen LogP contribution in [0.4, 0.5) is 4.79 Å². The minimum Gasteiger partial charge on any atom is -0.389 e. The topological polar surface area (TPSA) is 78.9 Å². The van der Waals surface area contributed by atoms with Crippen LogP contribution in [0, 0.1) is 6.92 Å². The molecule has 0 aromatic heterocycles. The third kappa shape index (κ3) is 5.29. The number of nitrogens with zero attached hydrogens (tertiary/aromatic N) is 1. The molecule has 0 bridgehead atoms. The van der Waals surface area contributed by atoms with Crippen LogP contribution < -0.4 is 5.32 Å². The van der Waals surface area contributed by atoms with Gasteiger partial charge in [-0.1, -0.05) is 104 Å². The van der Waals surface area contributed by atoms with Crippen LogP contribution in [-0.2, 0) is 15.1 Å². The maximum Gasteiger partial charge on any atom is 0.325 e. The van der Waals surface area contributed by atoms with Gasteiger partial charge in [-0.05, 0) is 30.0 Å². The molecule has 6 heteroatoms. The molecule has 3 amide bonds. The van der Waals surface area contributed by atoms with Crippen molar-refractivity contribution in [1.82, 2.24) is 10.2 Å². The molecular weight excluding hydrogens is 440 g/mol. The van der Waals surface area contributed by atoms with Crippen LogP contribution in [0.3, 0.4) is 0 Å². The van der Waals surface area contributed by atoms with Crippen molar-refractivity contribution in [1.29, 1.82) is 0 Å². The number of urea groups is 1. The number of carbonyl (C=O) groups excluding carboxylic acids is 2. The van der Waals surface area contributed by atoms with Crippen molar-refractivity contribution in [2.24, 2.45) is 0 Å². The number of hydrogen-bond donors (Lipinski definition) is 2. The highest BCUT2D eigenvalue weighted by molar-refractivity contribution is 6.07. The summed E-state index contributed by atoms with van der Waals surface area (Å²) in [6.45, 7) is 3.83. The monoisotopic (exact) mass is 472 g/mol. The van der Waals surface area contributed by atoms with Gasteiger partial charge < -0.3 is 15.2 Å². The lowest BCUT2D eigenvalue weighted by atomic mass is 9.85. The number of ether oxygens (including phenoxy) is 1. The van der Waals surface area contributed by atoms with E-state index in [0.29, 0.717) is 6.42 Å². The van der Waals surface area contributed by atoms with Crippen LogP contribution in [0.1, 0.15) is 48.1 Å². The van der Waals surface area contributed by atoms with Crippen LogP contribution in [0.5, 0.6) is 0 Å². The highest BCUT2D eigenvalue weighted by Crippen LogP contribution is 2.34. The Morgan fingerprint density at radius 2 is 1.51 bits per heavy atom. The molecule has 0 unspecified atom stereocenters. The first kappa shape index (κ1) is 24.6. The van der Waals surface area contributed by atoms with Gasteiger partial charge in [0.25, 0.3) is 5.91 Å². The number of hydrogen-bond acceptors (Lipinski definition) is 4. The molecule has 3 atom stereocenters. The fraction of sp³-hybridized carbons (Fsp3) is 0.310. The number of β-amino-alcohol motifs (C(OH)–C–C–N with tert-alkyl or cyclic N) is 1. The molecular formula is C29H32N2O4. The zero-order valence-electron chi connectivity index (χ0n) is 20.2. The molecule has 1 aliphatic rings. The Morgan fingerprint density at radius 3 is 2.14 bits per heavy atom. The van der Waals surface area contributed by atoms with Crippen molar-refractivity contribution in [2.75, 3.05) is 13.2 Å². The second kappa shape index (κ2) is 10.8. The molecule has 3 aromatic rings. The zero-order chi connectivity index (χ0) is 24.8. The Labute approximate surface area is 206 Å². The molecule has 6 nitrogen and oxygen atoms in total. The first-order valence-corrected chi connectivity index (χ1v) is 12.1. The maximum atomic E-state index is 13.5. The van der Waals surface area contributed by atoms with Crippen LogP contribution >= 0.6 is 0 Å². The Bertz CT molecular complexity index is 1130. The number of aliphatic hydroxyl groups excluding tert-OH is 1. The Balaban J connectivity index is 1.48. The first-order chi connectivity index (χ1) is 16.9. The largest absolute Gasteiger partial charge is 0.389 e. The van der Waals surface area contributed by atoms with Crippen LogP contribution in [-0.4, -0.2) is 41.2 Å². The lowest BCUT2D eigenvalue weighted by molar-refractivity contribution is -0.133. The first-order valence-electron chi connectivity index (χ1n) is 12.1. The van der Waals surface area contributed by atoms with Gasteiger partial charge in [-0.25, -0.2) is 4.79 Å². The van der Waals surface area contributed by atoms with Gasteiger partial charge in [-0.3, -0.25) is 9.69 Å².